The number of oxazole rings is 1. The Kier molecular flexibility index (Phi) is 5.29. The maximum atomic E-state index is 14.7. The van der Waals surface area contributed by atoms with Gasteiger partial charge in [0.05, 0.1) is 22.6 Å². The van der Waals surface area contributed by atoms with Gasteiger partial charge in [0.2, 0.25) is 11.2 Å². The monoisotopic (exact) mass is 453 g/mol. The SMILES string of the molecule is Cc1nc(C)c(-n2nc(OCC(F)Cn3cc(Cl)c4cnc(Cl)nc43)c(N)c2C)o1. The molecule has 0 aliphatic heterocycles. The molecule has 0 aliphatic carbocycles. The molecule has 9 nitrogen and oxygen atoms in total. The summed E-state index contributed by atoms with van der Waals surface area (Å²) in [5, 5.41) is 5.35. The highest BCUT2D eigenvalue weighted by Crippen LogP contribution is 2.29. The van der Waals surface area contributed by atoms with Gasteiger partial charge in [0, 0.05) is 19.3 Å². The fourth-order valence-corrected chi connectivity index (χ4v) is 3.47. The summed E-state index contributed by atoms with van der Waals surface area (Å²) in [6.45, 7) is 4.97. The van der Waals surface area contributed by atoms with Crippen molar-refractivity contribution in [2.24, 2.45) is 0 Å². The Bertz CT molecular complexity index is 1230. The number of hydrogen-bond donors (Lipinski definition) is 1. The average molecular weight is 454 g/mol. The fraction of sp³-hybridized carbons (Fsp3) is 0.333. The Morgan fingerprint density at radius 3 is 2.73 bits per heavy atom. The van der Waals surface area contributed by atoms with Gasteiger partial charge in [-0.05, 0) is 25.4 Å². The van der Waals surface area contributed by atoms with E-state index in [1.807, 2.05) is 0 Å². The molecule has 0 fully saturated rings. The van der Waals surface area contributed by atoms with Gasteiger partial charge in [-0.15, -0.1) is 5.10 Å². The van der Waals surface area contributed by atoms with Crippen molar-refractivity contribution < 1.29 is 13.5 Å². The first-order valence-corrected chi connectivity index (χ1v) is 9.73. The van der Waals surface area contributed by atoms with Crippen molar-refractivity contribution in [2.75, 3.05) is 12.3 Å². The first kappa shape index (κ1) is 20.4. The van der Waals surface area contributed by atoms with E-state index in [1.165, 1.54) is 10.9 Å². The molecule has 4 heterocycles. The number of ether oxygens (including phenoxy) is 1. The van der Waals surface area contributed by atoms with E-state index in [1.54, 1.807) is 31.5 Å². The van der Waals surface area contributed by atoms with Gasteiger partial charge in [-0.25, -0.2) is 14.4 Å². The molecule has 4 rings (SSSR count). The van der Waals surface area contributed by atoms with Crippen LogP contribution < -0.4 is 10.5 Å². The molecule has 4 aromatic rings. The number of rotatable bonds is 6. The third-order valence-corrected chi connectivity index (χ3v) is 5.02. The molecule has 30 heavy (non-hydrogen) atoms. The molecular formula is C18H18Cl2FN7O2. The molecule has 158 valence electrons. The zero-order chi connectivity index (χ0) is 21.6. The molecule has 0 aliphatic rings. The van der Waals surface area contributed by atoms with Gasteiger partial charge in [-0.1, -0.05) is 11.6 Å². The third kappa shape index (κ3) is 3.68. The summed E-state index contributed by atoms with van der Waals surface area (Å²) in [7, 11) is 0. The van der Waals surface area contributed by atoms with Crippen LogP contribution in [0.3, 0.4) is 0 Å². The number of anilines is 1. The minimum Gasteiger partial charge on any atom is -0.472 e. The largest absolute Gasteiger partial charge is 0.472 e. The molecule has 4 aromatic heterocycles. The molecule has 0 spiro atoms. The maximum Gasteiger partial charge on any atom is 0.257 e. The number of nitrogens with two attached hydrogens (primary N) is 1. The van der Waals surface area contributed by atoms with Crippen LogP contribution in [0.1, 0.15) is 17.3 Å². The summed E-state index contributed by atoms with van der Waals surface area (Å²) in [5.41, 5.74) is 8.09. The molecule has 12 heteroatoms. The van der Waals surface area contributed by atoms with Crippen LogP contribution >= 0.6 is 23.2 Å². The highest BCUT2D eigenvalue weighted by atomic mass is 35.5. The summed E-state index contributed by atoms with van der Waals surface area (Å²) in [5.74, 6) is 1.06. The van der Waals surface area contributed by atoms with E-state index in [2.05, 4.69) is 20.1 Å². The molecule has 0 aromatic carbocycles. The van der Waals surface area contributed by atoms with Crippen LogP contribution in [-0.2, 0) is 6.54 Å². The Hall–Kier alpha value is -2.85. The normalized spacial score (nSPS) is 12.6. The number of halogens is 3. The Balaban J connectivity index is 1.50. The van der Waals surface area contributed by atoms with Gasteiger partial charge in [0.25, 0.3) is 5.88 Å². The molecule has 1 unspecified atom stereocenters. The second kappa shape index (κ2) is 7.77. The molecule has 1 atom stereocenters. The van der Waals surface area contributed by atoms with Crippen LogP contribution in [0.4, 0.5) is 10.1 Å². The van der Waals surface area contributed by atoms with Crippen molar-refractivity contribution in [2.45, 2.75) is 33.5 Å². The summed E-state index contributed by atoms with van der Waals surface area (Å²) < 4.78 is 28.8. The highest BCUT2D eigenvalue weighted by Gasteiger charge is 2.21. The summed E-state index contributed by atoms with van der Waals surface area (Å²) >= 11 is 12.0. The van der Waals surface area contributed by atoms with Crippen LogP contribution in [-0.4, -0.2) is 42.1 Å². The van der Waals surface area contributed by atoms with Gasteiger partial charge in [-0.3, -0.25) is 0 Å². The van der Waals surface area contributed by atoms with Gasteiger partial charge in [-0.2, -0.15) is 9.67 Å². The summed E-state index contributed by atoms with van der Waals surface area (Å²) in [6.07, 6.45) is 1.69. The molecular weight excluding hydrogens is 436 g/mol. The molecule has 2 N–H and O–H groups in total. The van der Waals surface area contributed by atoms with E-state index in [4.69, 9.17) is 38.1 Å². The van der Waals surface area contributed by atoms with Crippen molar-refractivity contribution in [3.05, 3.63) is 40.0 Å². The molecule has 0 bridgehead atoms. The van der Waals surface area contributed by atoms with Crippen molar-refractivity contribution in [3.63, 3.8) is 0 Å². The molecule has 0 radical (unpaired) electrons. The molecule has 0 amide bonds. The van der Waals surface area contributed by atoms with Crippen LogP contribution in [0.15, 0.2) is 16.8 Å². The third-order valence-electron chi connectivity index (χ3n) is 4.53. The number of fused-ring (bicyclic) bond motifs is 1. The number of aromatic nitrogens is 6. The predicted octanol–water partition coefficient (Wildman–Crippen LogP) is 3.84. The standard InChI is InChI=1S/C18H18Cl2FN7O2/c1-8-17(30-10(3)24-8)28-9(2)14(22)16(26-28)29-7-11(21)5-27-6-13(19)12-4-23-18(20)25-15(12)27/h4,6,11H,5,7,22H2,1-3H3. The first-order chi connectivity index (χ1) is 14.2. The number of aryl methyl sites for hydroxylation is 2. The van der Waals surface area contributed by atoms with Crippen LogP contribution in [0.25, 0.3) is 16.9 Å². The number of nitrogens with zero attached hydrogens (tertiary/aromatic N) is 6. The van der Waals surface area contributed by atoms with Crippen LogP contribution in [0, 0.1) is 20.8 Å². The summed E-state index contributed by atoms with van der Waals surface area (Å²) in [4.78, 5) is 12.2. The minimum absolute atomic E-state index is 0.0451. The zero-order valence-corrected chi connectivity index (χ0v) is 17.9. The minimum atomic E-state index is -1.38. The van der Waals surface area contributed by atoms with Crippen molar-refractivity contribution >= 4 is 39.9 Å². The smallest absolute Gasteiger partial charge is 0.257 e. The van der Waals surface area contributed by atoms with Crippen molar-refractivity contribution in [1.82, 2.24) is 29.3 Å². The second-order valence-electron chi connectivity index (χ2n) is 6.75. The number of hydrogen-bond acceptors (Lipinski definition) is 7. The number of nitrogen functional groups attached to an aromatic ring is 1. The van der Waals surface area contributed by atoms with Crippen LogP contribution in [0.5, 0.6) is 5.88 Å². The Labute approximate surface area is 180 Å². The van der Waals surface area contributed by atoms with Crippen molar-refractivity contribution in [1.29, 1.82) is 0 Å². The van der Waals surface area contributed by atoms with E-state index < -0.39 is 6.17 Å². The van der Waals surface area contributed by atoms with Crippen molar-refractivity contribution in [3.8, 4) is 11.8 Å². The molecule has 0 saturated heterocycles. The van der Waals surface area contributed by atoms with E-state index in [-0.39, 0.29) is 24.3 Å². The first-order valence-electron chi connectivity index (χ1n) is 8.97. The maximum absolute atomic E-state index is 14.7. The van der Waals surface area contributed by atoms with E-state index in [9.17, 15) is 4.39 Å². The fourth-order valence-electron chi connectivity index (χ4n) is 3.09. The van der Waals surface area contributed by atoms with Gasteiger partial charge >= 0.3 is 0 Å². The topological polar surface area (TPSA) is 110 Å². The van der Waals surface area contributed by atoms with Gasteiger partial charge in [0.15, 0.2) is 12.1 Å². The number of alkyl halides is 1. The Morgan fingerprint density at radius 2 is 2.03 bits per heavy atom. The lowest BCUT2D eigenvalue weighted by Gasteiger charge is -2.11. The summed E-state index contributed by atoms with van der Waals surface area (Å²) in [6, 6.07) is 0. The Morgan fingerprint density at radius 1 is 1.27 bits per heavy atom. The zero-order valence-electron chi connectivity index (χ0n) is 16.4. The lowest BCUT2D eigenvalue weighted by molar-refractivity contribution is 0.175. The molecule has 0 saturated carbocycles. The lowest BCUT2D eigenvalue weighted by atomic mass is 10.3. The highest BCUT2D eigenvalue weighted by molar-refractivity contribution is 6.35. The average Bonchev–Trinajstić information content (AvgIpc) is 3.28. The second-order valence-corrected chi connectivity index (χ2v) is 7.50. The van der Waals surface area contributed by atoms with Gasteiger partial charge in [0.1, 0.15) is 23.6 Å². The quantitative estimate of drug-likeness (QED) is 0.441. The van der Waals surface area contributed by atoms with E-state index in [0.29, 0.717) is 44.9 Å². The van der Waals surface area contributed by atoms with Crippen LogP contribution in [0.2, 0.25) is 10.3 Å². The van der Waals surface area contributed by atoms with E-state index in [0.717, 1.165) is 0 Å². The van der Waals surface area contributed by atoms with Gasteiger partial charge < -0.3 is 19.5 Å². The lowest BCUT2D eigenvalue weighted by Crippen LogP contribution is -2.20. The predicted molar refractivity (Wildman–Crippen MR) is 110 cm³/mol. The van der Waals surface area contributed by atoms with E-state index >= 15 is 0 Å².